The van der Waals surface area contributed by atoms with E-state index < -0.39 is 41.3 Å². The third-order valence-corrected chi connectivity index (χ3v) is 6.98. The zero-order chi connectivity index (χ0) is 27.8. The van der Waals surface area contributed by atoms with Gasteiger partial charge in [-0.15, -0.1) is 6.58 Å². The van der Waals surface area contributed by atoms with Crippen LogP contribution in [-0.2, 0) is 19.1 Å². The lowest BCUT2D eigenvalue weighted by molar-refractivity contribution is -0.147. The Kier molecular flexibility index (Phi) is 7.27. The quantitative estimate of drug-likeness (QED) is 0.431. The van der Waals surface area contributed by atoms with Crippen molar-refractivity contribution in [1.82, 2.24) is 15.2 Å². The van der Waals surface area contributed by atoms with Gasteiger partial charge in [0.25, 0.3) is 0 Å². The highest BCUT2D eigenvalue weighted by atomic mass is 16.6. The predicted molar refractivity (Wildman–Crippen MR) is 140 cm³/mol. The van der Waals surface area contributed by atoms with Crippen molar-refractivity contribution in [3.05, 3.63) is 42.6 Å². The number of ether oxygens (including phenoxy) is 4. The summed E-state index contributed by atoms with van der Waals surface area (Å²) in [5, 5.41) is 3.62. The molecule has 4 rings (SSSR count). The summed E-state index contributed by atoms with van der Waals surface area (Å²) in [6.07, 6.45) is 2.73. The number of benzene rings is 1. The number of methoxy groups -OCH3 is 2. The fraction of sp³-hybridized carbons (Fsp3) is 0.500. The zero-order valence-electron chi connectivity index (χ0n) is 22.7. The largest absolute Gasteiger partial charge is 0.496 e. The number of pyridine rings is 1. The minimum Gasteiger partial charge on any atom is -0.496 e. The van der Waals surface area contributed by atoms with E-state index in [0.717, 1.165) is 16.5 Å². The number of nitrogens with zero attached hydrogens (tertiary/aromatic N) is 2. The van der Waals surface area contributed by atoms with Gasteiger partial charge in [-0.1, -0.05) is 6.08 Å². The molecule has 1 aliphatic carbocycles. The predicted octanol–water partition coefficient (Wildman–Crippen LogP) is 3.54. The Morgan fingerprint density at radius 2 is 1.92 bits per heavy atom. The molecular formula is C28H35N3O7. The van der Waals surface area contributed by atoms with Gasteiger partial charge < -0.3 is 24.3 Å². The van der Waals surface area contributed by atoms with Crippen molar-refractivity contribution in [2.45, 2.75) is 63.8 Å². The molecule has 2 aliphatic rings. The molecule has 2 amide bonds. The Hall–Kier alpha value is -3.82. The van der Waals surface area contributed by atoms with E-state index in [-0.39, 0.29) is 18.9 Å². The molecule has 2 fully saturated rings. The van der Waals surface area contributed by atoms with Gasteiger partial charge in [-0.2, -0.15) is 0 Å². The fourth-order valence-corrected chi connectivity index (χ4v) is 4.96. The lowest BCUT2D eigenvalue weighted by Gasteiger charge is -2.28. The molecule has 1 saturated carbocycles. The monoisotopic (exact) mass is 525 g/mol. The first-order valence-electron chi connectivity index (χ1n) is 12.6. The van der Waals surface area contributed by atoms with Crippen molar-refractivity contribution in [3.63, 3.8) is 0 Å². The molecule has 1 unspecified atom stereocenters. The molecule has 0 bridgehead atoms. The number of esters is 1. The first-order valence-corrected chi connectivity index (χ1v) is 12.6. The van der Waals surface area contributed by atoms with Gasteiger partial charge in [-0.3, -0.25) is 14.7 Å². The van der Waals surface area contributed by atoms with Gasteiger partial charge in [0.15, 0.2) is 0 Å². The molecule has 1 saturated heterocycles. The van der Waals surface area contributed by atoms with Crippen molar-refractivity contribution < 1.29 is 33.3 Å². The number of carbonyl (C=O) groups excluding carboxylic acids is 3. The van der Waals surface area contributed by atoms with Gasteiger partial charge in [0.05, 0.1) is 26.3 Å². The van der Waals surface area contributed by atoms with Gasteiger partial charge in [0, 0.05) is 29.5 Å². The maximum absolute atomic E-state index is 13.5. The number of likely N-dealkylation sites (tertiary alicyclic amines) is 1. The summed E-state index contributed by atoms with van der Waals surface area (Å²) in [5.74, 6) is 0.0335. The van der Waals surface area contributed by atoms with Crippen LogP contribution in [0.1, 0.15) is 39.2 Å². The van der Waals surface area contributed by atoms with Crippen LogP contribution in [0.25, 0.3) is 10.9 Å². The molecule has 2 heterocycles. The summed E-state index contributed by atoms with van der Waals surface area (Å²) in [7, 11) is 2.88. The average Bonchev–Trinajstić information content (AvgIpc) is 3.41. The SMILES string of the molecule is C=C[C@@H]1CC1(NC(=O)[C@@H]1C[C@@H](Oc2ccnc3c(C)c(OC)ccc23)CN1C(=O)OC(C)(C)C)C(=O)OC. The summed E-state index contributed by atoms with van der Waals surface area (Å²) in [5.41, 5.74) is -0.317. The molecule has 10 heteroatoms. The molecule has 204 valence electrons. The van der Waals surface area contributed by atoms with E-state index in [4.69, 9.17) is 18.9 Å². The van der Waals surface area contributed by atoms with E-state index in [9.17, 15) is 14.4 Å². The number of rotatable bonds is 7. The van der Waals surface area contributed by atoms with Crippen LogP contribution in [0.4, 0.5) is 4.79 Å². The highest BCUT2D eigenvalue weighted by molar-refractivity contribution is 5.95. The standard InChI is InChI=1S/C28H35N3O7/c1-8-17-14-28(17,25(33)36-7)30-24(32)20-13-18(15-31(20)26(34)38-27(3,4)5)37-22-11-12-29-23-16(2)21(35-6)10-9-19(22)23/h8-12,17-18,20H,1,13-15H2,2-7H3,(H,30,32)/t17-,18-,20+,28?/m1/s1. The van der Waals surface area contributed by atoms with E-state index in [2.05, 4.69) is 16.9 Å². The van der Waals surface area contributed by atoms with Crippen LogP contribution in [0.5, 0.6) is 11.5 Å². The average molecular weight is 526 g/mol. The first kappa shape index (κ1) is 27.2. The molecule has 0 radical (unpaired) electrons. The highest BCUT2D eigenvalue weighted by Crippen LogP contribution is 2.45. The molecule has 4 atom stereocenters. The fourth-order valence-electron chi connectivity index (χ4n) is 4.96. The van der Waals surface area contributed by atoms with Gasteiger partial charge in [-0.25, -0.2) is 9.59 Å². The van der Waals surface area contributed by atoms with E-state index in [1.54, 1.807) is 46.2 Å². The number of fused-ring (bicyclic) bond motifs is 1. The number of hydrogen-bond acceptors (Lipinski definition) is 8. The zero-order valence-corrected chi connectivity index (χ0v) is 22.7. The Morgan fingerprint density at radius 1 is 1.18 bits per heavy atom. The van der Waals surface area contributed by atoms with Crippen molar-refractivity contribution in [1.29, 1.82) is 0 Å². The molecule has 1 N–H and O–H groups in total. The molecule has 10 nitrogen and oxygen atoms in total. The van der Waals surface area contributed by atoms with Crippen molar-refractivity contribution in [2.24, 2.45) is 5.92 Å². The topological polar surface area (TPSA) is 116 Å². The number of amides is 2. The second-order valence-electron chi connectivity index (χ2n) is 10.7. The van der Waals surface area contributed by atoms with Crippen LogP contribution < -0.4 is 14.8 Å². The van der Waals surface area contributed by atoms with Crippen molar-refractivity contribution in [3.8, 4) is 11.5 Å². The van der Waals surface area contributed by atoms with Crippen LogP contribution >= 0.6 is 0 Å². The Morgan fingerprint density at radius 3 is 2.53 bits per heavy atom. The van der Waals surface area contributed by atoms with Crippen LogP contribution in [-0.4, -0.2) is 71.9 Å². The van der Waals surface area contributed by atoms with Gasteiger partial charge in [0.1, 0.15) is 34.8 Å². The molecule has 0 spiro atoms. The second kappa shape index (κ2) is 10.2. The summed E-state index contributed by atoms with van der Waals surface area (Å²) >= 11 is 0. The molecule has 1 aliphatic heterocycles. The molecule has 1 aromatic carbocycles. The van der Waals surface area contributed by atoms with Crippen LogP contribution in [0, 0.1) is 12.8 Å². The van der Waals surface area contributed by atoms with Gasteiger partial charge in [-0.05, 0) is 52.3 Å². The number of aryl methyl sites for hydroxylation is 1. The second-order valence-corrected chi connectivity index (χ2v) is 10.7. The summed E-state index contributed by atoms with van der Waals surface area (Å²) in [4.78, 5) is 45.0. The van der Waals surface area contributed by atoms with Gasteiger partial charge >= 0.3 is 12.1 Å². The van der Waals surface area contributed by atoms with Crippen LogP contribution in [0.2, 0.25) is 0 Å². The Bertz CT molecular complexity index is 1270. The lowest BCUT2D eigenvalue weighted by Crippen LogP contribution is -2.53. The third kappa shape index (κ3) is 5.12. The van der Waals surface area contributed by atoms with E-state index >= 15 is 0 Å². The van der Waals surface area contributed by atoms with Crippen molar-refractivity contribution in [2.75, 3.05) is 20.8 Å². The number of aromatic nitrogens is 1. The molecule has 38 heavy (non-hydrogen) atoms. The number of hydrogen-bond donors (Lipinski definition) is 1. The Balaban J connectivity index is 1.60. The molecule has 2 aromatic rings. The minimum atomic E-state index is -1.18. The normalized spacial score (nSPS) is 24.5. The summed E-state index contributed by atoms with van der Waals surface area (Å²) < 4.78 is 22.3. The van der Waals surface area contributed by atoms with E-state index in [1.807, 2.05) is 19.1 Å². The van der Waals surface area contributed by atoms with Crippen molar-refractivity contribution >= 4 is 28.9 Å². The third-order valence-electron chi connectivity index (χ3n) is 6.98. The van der Waals surface area contributed by atoms with Gasteiger partial charge in [0.2, 0.25) is 5.91 Å². The minimum absolute atomic E-state index is 0.127. The number of nitrogens with one attached hydrogen (secondary N) is 1. The lowest BCUT2D eigenvalue weighted by atomic mass is 10.1. The molecular weight excluding hydrogens is 490 g/mol. The highest BCUT2D eigenvalue weighted by Gasteiger charge is 2.62. The smallest absolute Gasteiger partial charge is 0.411 e. The van der Waals surface area contributed by atoms with Crippen LogP contribution in [0.3, 0.4) is 0 Å². The number of carbonyl (C=O) groups is 3. The summed E-state index contributed by atoms with van der Waals surface area (Å²) in [6.45, 7) is 11.1. The first-order chi connectivity index (χ1) is 17.9. The molecule has 1 aromatic heterocycles. The maximum atomic E-state index is 13.5. The summed E-state index contributed by atoms with van der Waals surface area (Å²) in [6, 6.07) is 4.57. The van der Waals surface area contributed by atoms with Crippen LogP contribution in [0.15, 0.2) is 37.1 Å². The Labute approximate surface area is 222 Å². The van der Waals surface area contributed by atoms with E-state index in [0.29, 0.717) is 17.9 Å². The van der Waals surface area contributed by atoms with E-state index in [1.165, 1.54) is 12.0 Å². The maximum Gasteiger partial charge on any atom is 0.411 e.